The molecular formula is C15H23N. The zero-order valence-corrected chi connectivity index (χ0v) is 10.7. The SMILES string of the molecule is CCC1(CC)CNC[C@@H]1c1cccc(C)c1. The van der Waals surface area contributed by atoms with Crippen molar-refractivity contribution in [2.45, 2.75) is 39.5 Å². The fourth-order valence-electron chi connectivity index (χ4n) is 3.16. The molecule has 0 radical (unpaired) electrons. The van der Waals surface area contributed by atoms with Crippen molar-refractivity contribution in [2.24, 2.45) is 5.41 Å². The van der Waals surface area contributed by atoms with Crippen molar-refractivity contribution in [3.63, 3.8) is 0 Å². The lowest BCUT2D eigenvalue weighted by molar-refractivity contribution is 0.260. The van der Waals surface area contributed by atoms with Crippen LogP contribution in [0.1, 0.15) is 43.7 Å². The lowest BCUT2D eigenvalue weighted by Gasteiger charge is -2.33. The van der Waals surface area contributed by atoms with E-state index in [1.54, 1.807) is 0 Å². The molecule has 1 atom stereocenters. The third-order valence-electron chi connectivity index (χ3n) is 4.42. The molecule has 1 saturated heterocycles. The zero-order valence-electron chi connectivity index (χ0n) is 10.7. The van der Waals surface area contributed by atoms with Gasteiger partial charge in [0, 0.05) is 19.0 Å². The molecule has 1 aliphatic rings. The monoisotopic (exact) mass is 217 g/mol. The molecule has 1 heteroatoms. The van der Waals surface area contributed by atoms with E-state index in [1.807, 2.05) is 0 Å². The fourth-order valence-corrected chi connectivity index (χ4v) is 3.16. The molecule has 0 aromatic heterocycles. The van der Waals surface area contributed by atoms with E-state index in [-0.39, 0.29) is 0 Å². The molecule has 0 aliphatic carbocycles. The van der Waals surface area contributed by atoms with Gasteiger partial charge in [-0.2, -0.15) is 0 Å². The topological polar surface area (TPSA) is 12.0 Å². The Balaban J connectivity index is 2.32. The summed E-state index contributed by atoms with van der Waals surface area (Å²) < 4.78 is 0. The summed E-state index contributed by atoms with van der Waals surface area (Å²) in [6.45, 7) is 9.17. The van der Waals surface area contributed by atoms with Crippen molar-refractivity contribution < 1.29 is 0 Å². The lowest BCUT2D eigenvalue weighted by Crippen LogP contribution is -2.27. The van der Waals surface area contributed by atoms with Crippen molar-refractivity contribution in [2.75, 3.05) is 13.1 Å². The summed E-state index contributed by atoms with van der Waals surface area (Å²) in [6.07, 6.45) is 2.55. The smallest absolute Gasteiger partial charge is 0.00319 e. The van der Waals surface area contributed by atoms with Crippen LogP contribution in [0.3, 0.4) is 0 Å². The van der Waals surface area contributed by atoms with Gasteiger partial charge in [0.05, 0.1) is 0 Å². The van der Waals surface area contributed by atoms with E-state index < -0.39 is 0 Å². The van der Waals surface area contributed by atoms with Crippen molar-refractivity contribution in [1.29, 1.82) is 0 Å². The van der Waals surface area contributed by atoms with E-state index in [0.29, 0.717) is 11.3 Å². The van der Waals surface area contributed by atoms with Crippen LogP contribution in [0.5, 0.6) is 0 Å². The molecule has 16 heavy (non-hydrogen) atoms. The highest BCUT2D eigenvalue weighted by atomic mass is 14.9. The molecule has 88 valence electrons. The number of rotatable bonds is 3. The van der Waals surface area contributed by atoms with Crippen molar-refractivity contribution in [1.82, 2.24) is 5.32 Å². The van der Waals surface area contributed by atoms with Gasteiger partial charge >= 0.3 is 0 Å². The van der Waals surface area contributed by atoms with Crippen LogP contribution < -0.4 is 5.32 Å². The maximum atomic E-state index is 3.58. The highest BCUT2D eigenvalue weighted by Crippen LogP contribution is 2.44. The van der Waals surface area contributed by atoms with Crippen molar-refractivity contribution in [3.8, 4) is 0 Å². The molecule has 0 bridgehead atoms. The van der Waals surface area contributed by atoms with Crippen LogP contribution in [0.25, 0.3) is 0 Å². The van der Waals surface area contributed by atoms with Crippen LogP contribution in [-0.4, -0.2) is 13.1 Å². The van der Waals surface area contributed by atoms with Crippen LogP contribution in [0.4, 0.5) is 0 Å². The van der Waals surface area contributed by atoms with Crippen LogP contribution in [0.15, 0.2) is 24.3 Å². The molecular weight excluding hydrogens is 194 g/mol. The van der Waals surface area contributed by atoms with Gasteiger partial charge in [0.25, 0.3) is 0 Å². The molecule has 0 unspecified atom stereocenters. The molecule has 0 spiro atoms. The summed E-state index contributed by atoms with van der Waals surface area (Å²) in [6, 6.07) is 9.03. The summed E-state index contributed by atoms with van der Waals surface area (Å²) in [4.78, 5) is 0. The Bertz CT molecular complexity index is 352. The molecule has 1 nitrogen and oxygen atoms in total. The predicted molar refractivity (Wildman–Crippen MR) is 69.8 cm³/mol. The Labute approximate surface area is 99.3 Å². The normalized spacial score (nSPS) is 23.6. The Morgan fingerprint density at radius 3 is 2.69 bits per heavy atom. The third kappa shape index (κ3) is 1.89. The summed E-state index contributed by atoms with van der Waals surface area (Å²) in [5.41, 5.74) is 3.38. The van der Waals surface area contributed by atoms with Gasteiger partial charge in [0.1, 0.15) is 0 Å². The van der Waals surface area contributed by atoms with E-state index in [0.717, 1.165) is 6.54 Å². The quantitative estimate of drug-likeness (QED) is 0.817. The summed E-state index contributed by atoms with van der Waals surface area (Å²) >= 11 is 0. The Kier molecular flexibility index (Phi) is 3.34. The summed E-state index contributed by atoms with van der Waals surface area (Å²) in [7, 11) is 0. The molecule has 0 amide bonds. The number of aryl methyl sites for hydroxylation is 1. The highest BCUT2D eigenvalue weighted by molar-refractivity contribution is 5.29. The first-order valence-corrected chi connectivity index (χ1v) is 6.49. The van der Waals surface area contributed by atoms with Crippen LogP contribution >= 0.6 is 0 Å². The average molecular weight is 217 g/mol. The second-order valence-corrected chi connectivity index (χ2v) is 5.17. The van der Waals surface area contributed by atoms with E-state index in [9.17, 15) is 0 Å². The standard InChI is InChI=1S/C15H23N/c1-4-15(5-2)11-16-10-14(15)13-8-6-7-12(3)9-13/h6-9,14,16H,4-5,10-11H2,1-3H3/t14-/m1/s1. The van der Waals surface area contributed by atoms with Crippen LogP contribution in [-0.2, 0) is 0 Å². The van der Waals surface area contributed by atoms with E-state index in [1.165, 1.54) is 30.5 Å². The fraction of sp³-hybridized carbons (Fsp3) is 0.600. The molecule has 1 N–H and O–H groups in total. The van der Waals surface area contributed by atoms with E-state index in [2.05, 4.69) is 50.4 Å². The van der Waals surface area contributed by atoms with Crippen molar-refractivity contribution >= 4 is 0 Å². The third-order valence-corrected chi connectivity index (χ3v) is 4.42. The molecule has 1 heterocycles. The van der Waals surface area contributed by atoms with Crippen LogP contribution in [0.2, 0.25) is 0 Å². The molecule has 0 saturated carbocycles. The number of benzene rings is 1. The lowest BCUT2D eigenvalue weighted by atomic mass is 9.71. The Morgan fingerprint density at radius 1 is 1.31 bits per heavy atom. The minimum Gasteiger partial charge on any atom is -0.316 e. The van der Waals surface area contributed by atoms with Gasteiger partial charge in [-0.3, -0.25) is 0 Å². The number of hydrogen-bond donors (Lipinski definition) is 1. The van der Waals surface area contributed by atoms with Gasteiger partial charge in [0.15, 0.2) is 0 Å². The molecule has 1 fully saturated rings. The largest absolute Gasteiger partial charge is 0.316 e. The first kappa shape index (κ1) is 11.7. The summed E-state index contributed by atoms with van der Waals surface area (Å²) in [5.74, 6) is 0.697. The van der Waals surface area contributed by atoms with Crippen molar-refractivity contribution in [3.05, 3.63) is 35.4 Å². The average Bonchev–Trinajstić information content (AvgIpc) is 2.73. The van der Waals surface area contributed by atoms with Gasteiger partial charge in [-0.1, -0.05) is 43.7 Å². The van der Waals surface area contributed by atoms with E-state index >= 15 is 0 Å². The van der Waals surface area contributed by atoms with Gasteiger partial charge in [0.2, 0.25) is 0 Å². The molecule has 1 aromatic carbocycles. The first-order chi connectivity index (χ1) is 7.72. The predicted octanol–water partition coefficient (Wildman–Crippen LogP) is 3.49. The molecule has 1 aliphatic heterocycles. The second-order valence-electron chi connectivity index (χ2n) is 5.17. The summed E-state index contributed by atoms with van der Waals surface area (Å²) in [5, 5.41) is 3.58. The second kappa shape index (κ2) is 4.58. The first-order valence-electron chi connectivity index (χ1n) is 6.49. The van der Waals surface area contributed by atoms with Gasteiger partial charge in [-0.15, -0.1) is 0 Å². The van der Waals surface area contributed by atoms with Gasteiger partial charge < -0.3 is 5.32 Å². The zero-order chi connectivity index (χ0) is 11.6. The minimum absolute atomic E-state index is 0.480. The molecule has 1 aromatic rings. The van der Waals surface area contributed by atoms with E-state index in [4.69, 9.17) is 0 Å². The highest BCUT2D eigenvalue weighted by Gasteiger charge is 2.40. The van der Waals surface area contributed by atoms with Gasteiger partial charge in [-0.05, 0) is 30.7 Å². The maximum Gasteiger partial charge on any atom is 0.00319 e. The maximum absolute atomic E-state index is 3.58. The van der Waals surface area contributed by atoms with Gasteiger partial charge in [-0.25, -0.2) is 0 Å². The molecule has 2 rings (SSSR count). The Hall–Kier alpha value is -0.820. The van der Waals surface area contributed by atoms with Crippen LogP contribution in [0, 0.1) is 12.3 Å². The Morgan fingerprint density at radius 2 is 2.06 bits per heavy atom. The number of hydrogen-bond acceptors (Lipinski definition) is 1. The number of nitrogens with one attached hydrogen (secondary N) is 1. The minimum atomic E-state index is 0.480.